The number of rotatable bonds is 2. The number of aryl methyl sites for hydroxylation is 1. The van der Waals surface area contributed by atoms with Crippen molar-refractivity contribution in [2.75, 3.05) is 10.7 Å². The van der Waals surface area contributed by atoms with Gasteiger partial charge in [0, 0.05) is 0 Å². The van der Waals surface area contributed by atoms with Gasteiger partial charge in [0.05, 0.1) is 16.5 Å². The third-order valence-corrected chi connectivity index (χ3v) is 5.05. The van der Waals surface area contributed by atoms with Crippen molar-refractivity contribution in [3.8, 4) is 0 Å². The molecule has 22 heavy (non-hydrogen) atoms. The molecule has 0 saturated carbocycles. The van der Waals surface area contributed by atoms with Crippen LogP contribution >= 0.6 is 23.4 Å². The summed E-state index contributed by atoms with van der Waals surface area (Å²) in [6.45, 7) is 1.81. The number of hydrogen-bond acceptors (Lipinski definition) is 2. The molecule has 2 aromatic rings. The highest BCUT2D eigenvalue weighted by Gasteiger charge is 2.35. The molecule has 0 radical (unpaired) electrons. The minimum Gasteiger partial charge on any atom is -0.295 e. The zero-order chi connectivity index (χ0) is 15.9. The summed E-state index contributed by atoms with van der Waals surface area (Å²) in [6.07, 6.45) is 0. The summed E-state index contributed by atoms with van der Waals surface area (Å²) in [5, 5.41) is -0.355. The zero-order valence-electron chi connectivity index (χ0n) is 11.6. The Morgan fingerprint density at radius 2 is 2.00 bits per heavy atom. The van der Waals surface area contributed by atoms with Crippen LogP contribution in [0.3, 0.4) is 0 Å². The minimum atomic E-state index is -0.532. The number of nitrogens with zero attached hydrogens (tertiary/aromatic N) is 1. The number of anilines is 1. The molecule has 0 N–H and O–H groups in total. The highest BCUT2D eigenvalue weighted by molar-refractivity contribution is 8.00. The van der Waals surface area contributed by atoms with Gasteiger partial charge in [0.2, 0.25) is 5.91 Å². The summed E-state index contributed by atoms with van der Waals surface area (Å²) in [6, 6.07) is 8.78. The fourth-order valence-electron chi connectivity index (χ4n) is 2.44. The van der Waals surface area contributed by atoms with Crippen LogP contribution in [-0.4, -0.2) is 11.7 Å². The second-order valence-corrected chi connectivity index (χ2v) is 6.51. The monoisotopic (exact) mass is 339 g/mol. The summed E-state index contributed by atoms with van der Waals surface area (Å²) >= 11 is 7.08. The normalized spacial score (nSPS) is 18.1. The molecule has 1 aliphatic heterocycles. The third kappa shape index (κ3) is 2.71. The van der Waals surface area contributed by atoms with Gasteiger partial charge in [-0.05, 0) is 42.3 Å². The quantitative estimate of drug-likeness (QED) is 0.790. The van der Waals surface area contributed by atoms with Gasteiger partial charge in [-0.1, -0.05) is 23.7 Å². The molecule has 1 aliphatic rings. The first-order chi connectivity index (χ1) is 10.5. The smallest absolute Gasteiger partial charge is 0.238 e. The van der Waals surface area contributed by atoms with Crippen LogP contribution in [0.4, 0.5) is 14.5 Å². The van der Waals surface area contributed by atoms with Gasteiger partial charge >= 0.3 is 0 Å². The molecule has 3 rings (SSSR count). The maximum Gasteiger partial charge on any atom is 0.238 e. The van der Waals surface area contributed by atoms with Crippen LogP contribution in [0.2, 0.25) is 5.02 Å². The summed E-state index contributed by atoms with van der Waals surface area (Å²) in [5.74, 6) is -0.800. The van der Waals surface area contributed by atoms with E-state index < -0.39 is 11.6 Å². The number of benzene rings is 2. The lowest BCUT2D eigenvalue weighted by molar-refractivity contribution is -0.115. The molecule has 114 valence electrons. The summed E-state index contributed by atoms with van der Waals surface area (Å²) in [4.78, 5) is 13.8. The third-order valence-electron chi connectivity index (χ3n) is 3.53. The highest BCUT2D eigenvalue weighted by atomic mass is 35.5. The number of hydrogen-bond donors (Lipinski definition) is 0. The summed E-state index contributed by atoms with van der Waals surface area (Å²) in [7, 11) is 0. The standard InChI is InChI=1S/C16H12ClF2NOS/c1-9-2-4-11(18)7-14(9)20-15(21)8-22-16(20)10-3-5-12(17)13(19)6-10/h2-7,16H,8H2,1H3. The highest BCUT2D eigenvalue weighted by Crippen LogP contribution is 2.43. The largest absolute Gasteiger partial charge is 0.295 e. The van der Waals surface area contributed by atoms with E-state index in [1.165, 1.54) is 40.9 Å². The molecule has 0 aromatic heterocycles. The Morgan fingerprint density at radius 3 is 2.73 bits per heavy atom. The summed E-state index contributed by atoms with van der Waals surface area (Å²) in [5.41, 5.74) is 1.92. The van der Waals surface area contributed by atoms with Crippen LogP contribution in [-0.2, 0) is 4.79 Å². The van der Waals surface area contributed by atoms with E-state index in [9.17, 15) is 13.6 Å². The predicted octanol–water partition coefficient (Wildman–Crippen LogP) is 4.71. The molecule has 1 atom stereocenters. The van der Waals surface area contributed by atoms with Crippen LogP contribution in [0.15, 0.2) is 36.4 Å². The van der Waals surface area contributed by atoms with Crippen molar-refractivity contribution < 1.29 is 13.6 Å². The van der Waals surface area contributed by atoms with Crippen molar-refractivity contribution in [3.05, 3.63) is 64.2 Å². The number of carbonyl (C=O) groups is 1. The molecular formula is C16H12ClF2NOS. The lowest BCUT2D eigenvalue weighted by Gasteiger charge is -2.26. The molecule has 0 bridgehead atoms. The van der Waals surface area contributed by atoms with Crippen molar-refractivity contribution in [2.24, 2.45) is 0 Å². The second kappa shape index (κ2) is 5.89. The van der Waals surface area contributed by atoms with E-state index in [1.807, 2.05) is 6.92 Å². The van der Waals surface area contributed by atoms with E-state index in [-0.39, 0.29) is 22.1 Å². The van der Waals surface area contributed by atoms with E-state index >= 15 is 0 Å². The fraction of sp³-hybridized carbons (Fsp3) is 0.188. The van der Waals surface area contributed by atoms with Crippen LogP contribution in [0, 0.1) is 18.6 Å². The second-order valence-electron chi connectivity index (χ2n) is 5.03. The first-order valence-electron chi connectivity index (χ1n) is 6.62. The van der Waals surface area contributed by atoms with E-state index in [0.29, 0.717) is 11.3 Å². The minimum absolute atomic E-state index is 0.0339. The van der Waals surface area contributed by atoms with Gasteiger partial charge in [0.1, 0.15) is 17.0 Å². The van der Waals surface area contributed by atoms with Crippen molar-refractivity contribution in [1.29, 1.82) is 0 Å². The molecule has 1 saturated heterocycles. The van der Waals surface area contributed by atoms with Gasteiger partial charge < -0.3 is 0 Å². The molecule has 1 amide bonds. The molecule has 0 aliphatic carbocycles. The van der Waals surface area contributed by atoms with Crippen molar-refractivity contribution in [1.82, 2.24) is 0 Å². The Labute approximate surface area is 136 Å². The van der Waals surface area contributed by atoms with Crippen molar-refractivity contribution in [2.45, 2.75) is 12.3 Å². The van der Waals surface area contributed by atoms with E-state index in [2.05, 4.69) is 0 Å². The molecule has 0 spiro atoms. The predicted molar refractivity (Wildman–Crippen MR) is 85.2 cm³/mol. The Bertz CT molecular complexity index is 753. The van der Waals surface area contributed by atoms with Gasteiger partial charge in [-0.15, -0.1) is 11.8 Å². The van der Waals surface area contributed by atoms with Gasteiger partial charge in [-0.3, -0.25) is 9.69 Å². The molecule has 2 aromatic carbocycles. The maximum absolute atomic E-state index is 13.7. The van der Waals surface area contributed by atoms with Crippen molar-refractivity contribution in [3.63, 3.8) is 0 Å². The summed E-state index contributed by atoms with van der Waals surface area (Å²) < 4.78 is 27.3. The Hall–Kier alpha value is -1.59. The maximum atomic E-state index is 13.7. The van der Waals surface area contributed by atoms with Crippen LogP contribution < -0.4 is 4.90 Å². The average molecular weight is 340 g/mol. The number of amides is 1. The van der Waals surface area contributed by atoms with E-state index in [1.54, 1.807) is 12.1 Å². The molecular weight excluding hydrogens is 328 g/mol. The molecule has 2 nitrogen and oxygen atoms in total. The van der Waals surface area contributed by atoms with Gasteiger partial charge in [0.25, 0.3) is 0 Å². The first kappa shape index (κ1) is 15.3. The van der Waals surface area contributed by atoms with Crippen LogP contribution in [0.5, 0.6) is 0 Å². The molecule has 1 fully saturated rings. The molecule has 1 unspecified atom stereocenters. The lowest BCUT2D eigenvalue weighted by Crippen LogP contribution is -2.28. The number of carbonyl (C=O) groups excluding carboxylic acids is 1. The Balaban J connectivity index is 2.05. The first-order valence-corrected chi connectivity index (χ1v) is 8.05. The fourth-order valence-corrected chi connectivity index (χ4v) is 3.72. The van der Waals surface area contributed by atoms with Gasteiger partial charge in [0.15, 0.2) is 0 Å². The zero-order valence-corrected chi connectivity index (χ0v) is 13.2. The van der Waals surface area contributed by atoms with Crippen LogP contribution in [0.1, 0.15) is 16.5 Å². The van der Waals surface area contributed by atoms with Crippen molar-refractivity contribution >= 4 is 35.0 Å². The molecule has 6 heteroatoms. The van der Waals surface area contributed by atoms with Gasteiger partial charge in [-0.2, -0.15) is 0 Å². The van der Waals surface area contributed by atoms with Gasteiger partial charge in [-0.25, -0.2) is 8.78 Å². The lowest BCUT2D eigenvalue weighted by atomic mass is 10.1. The number of halogens is 3. The average Bonchev–Trinajstić information content (AvgIpc) is 2.86. The Kier molecular flexibility index (Phi) is 4.10. The topological polar surface area (TPSA) is 20.3 Å². The van der Waals surface area contributed by atoms with Crippen LogP contribution in [0.25, 0.3) is 0 Å². The van der Waals surface area contributed by atoms with E-state index in [0.717, 1.165) is 5.56 Å². The Morgan fingerprint density at radius 1 is 1.23 bits per heavy atom. The number of thioether (sulfide) groups is 1. The SMILES string of the molecule is Cc1ccc(F)cc1N1C(=O)CSC1c1ccc(Cl)c(F)c1. The molecule has 1 heterocycles. The van der Waals surface area contributed by atoms with E-state index in [4.69, 9.17) is 11.6 Å².